The fourth-order valence-corrected chi connectivity index (χ4v) is 3.64. The number of carbonyl (C=O) groups is 1. The van der Waals surface area contributed by atoms with E-state index in [9.17, 15) is 9.18 Å². The summed E-state index contributed by atoms with van der Waals surface area (Å²) >= 11 is 1.55. The van der Waals surface area contributed by atoms with Crippen LogP contribution in [-0.2, 0) is 0 Å². The van der Waals surface area contributed by atoms with Gasteiger partial charge in [-0.05, 0) is 41.3 Å². The topological polar surface area (TPSA) is 44.9 Å². The summed E-state index contributed by atoms with van der Waals surface area (Å²) in [5, 5.41) is 6.00. The highest BCUT2D eigenvalue weighted by Crippen LogP contribution is 2.27. The summed E-state index contributed by atoms with van der Waals surface area (Å²) in [6, 6.07) is 19.4. The van der Waals surface area contributed by atoms with Gasteiger partial charge in [-0.15, -0.1) is 11.3 Å². The molecule has 3 nitrogen and oxygen atoms in total. The highest BCUT2D eigenvalue weighted by atomic mass is 32.1. The molecule has 5 heteroatoms. The molecule has 0 aliphatic rings. The molecule has 2 N–H and O–H groups in total. The zero-order valence-corrected chi connectivity index (χ0v) is 14.0. The predicted octanol–water partition coefficient (Wildman–Crippen LogP) is 4.89. The lowest BCUT2D eigenvalue weighted by Crippen LogP contribution is -2.29. The Kier molecular flexibility index (Phi) is 4.07. The molecule has 2 aromatic carbocycles. The highest BCUT2D eigenvalue weighted by molar-refractivity contribution is 7.10. The van der Waals surface area contributed by atoms with E-state index in [-0.39, 0.29) is 17.8 Å². The Bertz CT molecular complexity index is 973. The third kappa shape index (κ3) is 3.19. The zero-order chi connectivity index (χ0) is 17.2. The van der Waals surface area contributed by atoms with E-state index in [1.54, 1.807) is 23.5 Å². The minimum absolute atomic E-state index is 0.195. The van der Waals surface area contributed by atoms with Gasteiger partial charge in [0.15, 0.2) is 0 Å². The Balaban J connectivity index is 1.66. The molecule has 1 unspecified atom stereocenters. The molecule has 0 radical (unpaired) electrons. The summed E-state index contributed by atoms with van der Waals surface area (Å²) in [5.74, 6) is -0.491. The second kappa shape index (κ2) is 6.53. The van der Waals surface area contributed by atoms with E-state index in [2.05, 4.69) is 10.3 Å². The highest BCUT2D eigenvalue weighted by Gasteiger charge is 2.20. The first-order chi connectivity index (χ1) is 12.2. The Morgan fingerprint density at radius 1 is 1.04 bits per heavy atom. The number of amides is 1. The number of H-pyrrole nitrogens is 1. The summed E-state index contributed by atoms with van der Waals surface area (Å²) in [6.07, 6.45) is 0. The third-order valence-corrected chi connectivity index (χ3v) is 5.02. The molecule has 0 saturated carbocycles. The van der Waals surface area contributed by atoms with Gasteiger partial charge in [0.2, 0.25) is 0 Å². The van der Waals surface area contributed by atoms with Crippen molar-refractivity contribution >= 4 is 28.1 Å². The molecule has 4 rings (SSSR count). The SMILES string of the molecule is O=C(NC(c1ccc(F)cc1)c1cccs1)c1cc2ccccc2[nH]1. The number of fused-ring (bicyclic) bond motifs is 1. The van der Waals surface area contributed by atoms with E-state index in [0.29, 0.717) is 5.69 Å². The monoisotopic (exact) mass is 350 g/mol. The number of hydrogen-bond donors (Lipinski definition) is 2. The number of thiophene rings is 1. The standard InChI is InChI=1S/C20H15FN2OS/c21-15-9-7-13(8-10-15)19(18-6-3-11-25-18)23-20(24)17-12-14-4-1-2-5-16(14)22-17/h1-12,19,22H,(H,23,24). The van der Waals surface area contributed by atoms with E-state index in [0.717, 1.165) is 21.3 Å². The normalized spacial score (nSPS) is 12.2. The molecule has 0 spiro atoms. The quantitative estimate of drug-likeness (QED) is 0.541. The number of aromatic nitrogens is 1. The van der Waals surface area contributed by atoms with Crippen molar-refractivity contribution < 1.29 is 9.18 Å². The van der Waals surface area contributed by atoms with Crippen molar-refractivity contribution in [2.45, 2.75) is 6.04 Å². The predicted molar refractivity (Wildman–Crippen MR) is 98.3 cm³/mol. The maximum Gasteiger partial charge on any atom is 0.268 e. The lowest BCUT2D eigenvalue weighted by Gasteiger charge is -2.17. The second-order valence-corrected chi connectivity index (χ2v) is 6.72. The minimum Gasteiger partial charge on any atom is -0.351 e. The number of rotatable bonds is 4. The number of nitrogens with one attached hydrogen (secondary N) is 2. The van der Waals surface area contributed by atoms with E-state index >= 15 is 0 Å². The van der Waals surface area contributed by atoms with E-state index in [1.807, 2.05) is 47.8 Å². The Hall–Kier alpha value is -2.92. The van der Waals surface area contributed by atoms with Crippen LogP contribution in [0.5, 0.6) is 0 Å². The molecule has 0 bridgehead atoms. The number of hydrogen-bond acceptors (Lipinski definition) is 2. The van der Waals surface area contributed by atoms with Crippen molar-refractivity contribution in [1.29, 1.82) is 0 Å². The number of benzene rings is 2. The van der Waals surface area contributed by atoms with Crippen LogP contribution in [0.2, 0.25) is 0 Å². The summed E-state index contributed by atoms with van der Waals surface area (Å²) in [6.45, 7) is 0. The van der Waals surface area contributed by atoms with Crippen LogP contribution < -0.4 is 5.32 Å². The molecule has 0 aliphatic heterocycles. The minimum atomic E-state index is -0.320. The van der Waals surface area contributed by atoms with Crippen LogP contribution in [0.25, 0.3) is 10.9 Å². The largest absolute Gasteiger partial charge is 0.351 e. The van der Waals surface area contributed by atoms with Crippen molar-refractivity contribution in [2.75, 3.05) is 0 Å². The van der Waals surface area contributed by atoms with Crippen molar-refractivity contribution in [3.05, 3.63) is 94.1 Å². The van der Waals surface area contributed by atoms with Gasteiger partial charge in [-0.2, -0.15) is 0 Å². The van der Waals surface area contributed by atoms with E-state index in [1.165, 1.54) is 12.1 Å². The first-order valence-corrected chi connectivity index (χ1v) is 8.76. The smallest absolute Gasteiger partial charge is 0.268 e. The molecule has 0 fully saturated rings. The molecule has 1 atom stereocenters. The summed E-state index contributed by atoms with van der Waals surface area (Å²) in [7, 11) is 0. The molecule has 2 heterocycles. The van der Waals surface area contributed by atoms with Gasteiger partial charge in [0.25, 0.3) is 5.91 Å². The van der Waals surface area contributed by atoms with Gasteiger partial charge in [0.05, 0.1) is 6.04 Å². The maximum atomic E-state index is 13.2. The molecule has 0 aliphatic carbocycles. The van der Waals surface area contributed by atoms with Crippen molar-refractivity contribution in [3.8, 4) is 0 Å². The van der Waals surface area contributed by atoms with E-state index < -0.39 is 0 Å². The van der Waals surface area contributed by atoms with Gasteiger partial charge in [-0.1, -0.05) is 36.4 Å². The van der Waals surface area contributed by atoms with Crippen LogP contribution in [0.3, 0.4) is 0 Å². The van der Waals surface area contributed by atoms with Gasteiger partial charge in [0.1, 0.15) is 11.5 Å². The second-order valence-electron chi connectivity index (χ2n) is 5.74. The summed E-state index contributed by atoms with van der Waals surface area (Å²) in [4.78, 5) is 16.9. The van der Waals surface area contributed by atoms with Gasteiger partial charge < -0.3 is 10.3 Å². The summed E-state index contributed by atoms with van der Waals surface area (Å²) in [5.41, 5.74) is 2.26. The maximum absolute atomic E-state index is 13.2. The third-order valence-electron chi connectivity index (χ3n) is 4.08. The molecule has 1 amide bonds. The molecule has 124 valence electrons. The fraction of sp³-hybridized carbons (Fsp3) is 0.0500. The zero-order valence-electron chi connectivity index (χ0n) is 13.2. The van der Waals surface area contributed by atoms with Gasteiger partial charge in [0, 0.05) is 15.8 Å². The summed E-state index contributed by atoms with van der Waals surface area (Å²) < 4.78 is 13.2. The molecule has 25 heavy (non-hydrogen) atoms. The van der Waals surface area contributed by atoms with Gasteiger partial charge in [-0.3, -0.25) is 4.79 Å². The number of para-hydroxylation sites is 1. The molecule has 2 aromatic heterocycles. The van der Waals surface area contributed by atoms with Crippen molar-refractivity contribution in [2.24, 2.45) is 0 Å². The van der Waals surface area contributed by atoms with Crippen LogP contribution in [0.1, 0.15) is 27.0 Å². The first kappa shape index (κ1) is 15.6. The lowest BCUT2D eigenvalue weighted by molar-refractivity contribution is 0.0939. The molecule has 4 aromatic rings. The lowest BCUT2D eigenvalue weighted by atomic mass is 10.1. The first-order valence-electron chi connectivity index (χ1n) is 7.88. The van der Waals surface area contributed by atoms with Crippen LogP contribution in [0, 0.1) is 5.82 Å². The number of carbonyl (C=O) groups excluding carboxylic acids is 1. The average Bonchev–Trinajstić information content (AvgIpc) is 3.30. The van der Waals surface area contributed by atoms with E-state index in [4.69, 9.17) is 0 Å². The number of aromatic amines is 1. The Labute approximate surface area is 148 Å². The molecular weight excluding hydrogens is 335 g/mol. The van der Waals surface area contributed by atoms with Crippen LogP contribution in [0.4, 0.5) is 4.39 Å². The van der Waals surface area contributed by atoms with Crippen LogP contribution in [-0.4, -0.2) is 10.9 Å². The Morgan fingerprint density at radius 2 is 1.84 bits per heavy atom. The van der Waals surface area contributed by atoms with Crippen LogP contribution >= 0.6 is 11.3 Å². The average molecular weight is 350 g/mol. The Morgan fingerprint density at radius 3 is 2.56 bits per heavy atom. The van der Waals surface area contributed by atoms with Crippen molar-refractivity contribution in [3.63, 3.8) is 0 Å². The van der Waals surface area contributed by atoms with Crippen molar-refractivity contribution in [1.82, 2.24) is 10.3 Å². The van der Waals surface area contributed by atoms with Gasteiger partial charge >= 0.3 is 0 Å². The molecular formula is C20H15FN2OS. The van der Waals surface area contributed by atoms with Gasteiger partial charge in [-0.25, -0.2) is 4.39 Å². The number of halogens is 1. The molecule has 0 saturated heterocycles. The van der Waals surface area contributed by atoms with Crippen LogP contribution in [0.15, 0.2) is 72.1 Å². The fourth-order valence-electron chi connectivity index (χ4n) is 2.83.